The molecule has 0 aliphatic carbocycles. The molecule has 1 N–H and O–H groups in total. The van der Waals surface area contributed by atoms with Gasteiger partial charge in [-0.05, 0) is 63.3 Å². The molecule has 5 nitrogen and oxygen atoms in total. The molecule has 0 bridgehead atoms. The minimum atomic E-state index is -0.306. The van der Waals surface area contributed by atoms with Gasteiger partial charge in [0.2, 0.25) is 0 Å². The molecule has 0 atom stereocenters. The summed E-state index contributed by atoms with van der Waals surface area (Å²) >= 11 is 0. The van der Waals surface area contributed by atoms with E-state index in [0.29, 0.717) is 17.8 Å². The van der Waals surface area contributed by atoms with E-state index in [1.54, 1.807) is 16.8 Å². The summed E-state index contributed by atoms with van der Waals surface area (Å²) in [4.78, 5) is 15.0. The number of hydrogen-bond acceptors (Lipinski definition) is 3. The zero-order valence-corrected chi connectivity index (χ0v) is 16.7. The monoisotopic (exact) mass is 380 g/mol. The Morgan fingerprint density at radius 3 is 2.36 bits per heavy atom. The Bertz CT molecular complexity index is 977. The number of halogens is 1. The fourth-order valence-electron chi connectivity index (χ4n) is 3.29. The van der Waals surface area contributed by atoms with Gasteiger partial charge in [0.05, 0.1) is 22.6 Å². The summed E-state index contributed by atoms with van der Waals surface area (Å²) < 4.78 is 14.9. The van der Waals surface area contributed by atoms with Crippen LogP contribution in [-0.4, -0.2) is 34.7 Å². The number of nitrogens with one attached hydrogen (secondary N) is 1. The summed E-state index contributed by atoms with van der Waals surface area (Å²) in [5.74, 6) is -0.470. The fraction of sp³-hybridized carbons (Fsp3) is 0.273. The Balaban J connectivity index is 1.80. The maximum atomic E-state index is 13.2. The van der Waals surface area contributed by atoms with Gasteiger partial charge < -0.3 is 10.2 Å². The number of aromatic nitrogens is 2. The van der Waals surface area contributed by atoms with Crippen LogP contribution < -0.4 is 5.32 Å². The Morgan fingerprint density at radius 1 is 1.07 bits per heavy atom. The lowest BCUT2D eigenvalue weighted by Crippen LogP contribution is -2.25. The summed E-state index contributed by atoms with van der Waals surface area (Å²) in [5.41, 5.74) is 4.91. The highest BCUT2D eigenvalue weighted by Gasteiger charge is 2.19. The summed E-state index contributed by atoms with van der Waals surface area (Å²) in [5, 5.41) is 7.48. The Kier molecular flexibility index (Phi) is 5.90. The van der Waals surface area contributed by atoms with E-state index in [0.717, 1.165) is 23.5 Å². The lowest BCUT2D eigenvalue weighted by atomic mass is 10.1. The van der Waals surface area contributed by atoms with E-state index in [4.69, 9.17) is 0 Å². The Hall–Kier alpha value is -2.99. The van der Waals surface area contributed by atoms with Crippen LogP contribution in [0, 0.1) is 19.7 Å². The van der Waals surface area contributed by atoms with Gasteiger partial charge in [-0.2, -0.15) is 5.10 Å². The molecule has 0 aliphatic heterocycles. The first-order chi connectivity index (χ1) is 13.4. The molecule has 0 saturated heterocycles. The minimum absolute atomic E-state index is 0.164. The van der Waals surface area contributed by atoms with Crippen LogP contribution in [0.25, 0.3) is 5.69 Å². The molecule has 3 rings (SSSR count). The summed E-state index contributed by atoms with van der Waals surface area (Å²) in [6.45, 7) is 4.91. The summed E-state index contributed by atoms with van der Waals surface area (Å²) in [7, 11) is 4.04. The van der Waals surface area contributed by atoms with Crippen LogP contribution in [0.3, 0.4) is 0 Å². The van der Waals surface area contributed by atoms with Crippen molar-refractivity contribution in [2.75, 3.05) is 14.1 Å². The molecular weight excluding hydrogens is 355 g/mol. The second kappa shape index (κ2) is 8.35. The van der Waals surface area contributed by atoms with Gasteiger partial charge in [0.25, 0.3) is 5.91 Å². The van der Waals surface area contributed by atoms with Crippen molar-refractivity contribution >= 4 is 5.91 Å². The number of benzene rings is 2. The van der Waals surface area contributed by atoms with Crippen molar-refractivity contribution < 1.29 is 9.18 Å². The van der Waals surface area contributed by atoms with Gasteiger partial charge in [-0.3, -0.25) is 4.79 Å². The molecule has 0 fully saturated rings. The van der Waals surface area contributed by atoms with Gasteiger partial charge in [0, 0.05) is 13.1 Å². The van der Waals surface area contributed by atoms with E-state index in [-0.39, 0.29) is 11.7 Å². The Labute approximate surface area is 164 Å². The zero-order chi connectivity index (χ0) is 20.3. The minimum Gasteiger partial charge on any atom is -0.348 e. The van der Waals surface area contributed by atoms with E-state index >= 15 is 0 Å². The number of hydrogen-bond donors (Lipinski definition) is 1. The van der Waals surface area contributed by atoms with Gasteiger partial charge in [-0.25, -0.2) is 9.07 Å². The molecule has 0 aliphatic rings. The lowest BCUT2D eigenvalue weighted by molar-refractivity contribution is 0.0949. The van der Waals surface area contributed by atoms with Crippen LogP contribution in [0.4, 0.5) is 4.39 Å². The van der Waals surface area contributed by atoms with Crippen LogP contribution in [0.5, 0.6) is 0 Å². The average Bonchev–Trinajstić information content (AvgIpc) is 2.95. The first kappa shape index (κ1) is 19.8. The van der Waals surface area contributed by atoms with Crippen LogP contribution >= 0.6 is 0 Å². The first-order valence-electron chi connectivity index (χ1n) is 9.18. The number of carbonyl (C=O) groups excluding carboxylic acids is 1. The average molecular weight is 380 g/mol. The van der Waals surface area contributed by atoms with Gasteiger partial charge in [-0.1, -0.05) is 24.3 Å². The molecule has 3 aromatic rings. The van der Waals surface area contributed by atoms with Gasteiger partial charge in [0.15, 0.2) is 0 Å². The van der Waals surface area contributed by atoms with E-state index in [9.17, 15) is 9.18 Å². The van der Waals surface area contributed by atoms with Crippen LogP contribution in [0.2, 0.25) is 0 Å². The maximum Gasteiger partial charge on any atom is 0.255 e. The first-order valence-corrected chi connectivity index (χ1v) is 9.18. The molecule has 6 heteroatoms. The normalized spacial score (nSPS) is 11.1. The predicted octanol–water partition coefficient (Wildman–Crippen LogP) is 3.62. The molecule has 0 radical (unpaired) electrons. The van der Waals surface area contributed by atoms with E-state index in [2.05, 4.69) is 21.4 Å². The fourth-order valence-corrected chi connectivity index (χ4v) is 3.29. The van der Waals surface area contributed by atoms with Crippen molar-refractivity contribution in [3.8, 4) is 5.69 Å². The van der Waals surface area contributed by atoms with Gasteiger partial charge in [0.1, 0.15) is 5.82 Å². The highest BCUT2D eigenvalue weighted by Crippen LogP contribution is 2.19. The molecule has 0 spiro atoms. The molecule has 2 aromatic carbocycles. The molecule has 1 heterocycles. The van der Waals surface area contributed by atoms with Gasteiger partial charge in [-0.15, -0.1) is 0 Å². The summed E-state index contributed by atoms with van der Waals surface area (Å²) in [6.07, 6.45) is 0. The quantitative estimate of drug-likeness (QED) is 0.711. The van der Waals surface area contributed by atoms with Crippen molar-refractivity contribution in [2.45, 2.75) is 26.9 Å². The zero-order valence-electron chi connectivity index (χ0n) is 16.7. The summed E-state index contributed by atoms with van der Waals surface area (Å²) in [6, 6.07) is 14.1. The molecule has 0 unspecified atom stereocenters. The number of amides is 1. The third-order valence-corrected chi connectivity index (χ3v) is 4.63. The molecular formula is C22H25FN4O. The van der Waals surface area contributed by atoms with Crippen molar-refractivity contribution in [1.29, 1.82) is 0 Å². The van der Waals surface area contributed by atoms with Crippen LogP contribution in [0.1, 0.15) is 32.9 Å². The smallest absolute Gasteiger partial charge is 0.255 e. The third-order valence-electron chi connectivity index (χ3n) is 4.63. The molecule has 28 heavy (non-hydrogen) atoms. The van der Waals surface area contributed by atoms with Crippen LogP contribution in [0.15, 0.2) is 48.5 Å². The second-order valence-electron chi connectivity index (χ2n) is 7.12. The van der Waals surface area contributed by atoms with Crippen molar-refractivity contribution in [3.05, 3.63) is 82.4 Å². The highest BCUT2D eigenvalue weighted by atomic mass is 19.1. The predicted molar refractivity (Wildman–Crippen MR) is 108 cm³/mol. The second-order valence-corrected chi connectivity index (χ2v) is 7.12. The van der Waals surface area contributed by atoms with Gasteiger partial charge >= 0.3 is 0 Å². The van der Waals surface area contributed by atoms with E-state index in [1.807, 2.05) is 46.1 Å². The third kappa shape index (κ3) is 4.28. The van der Waals surface area contributed by atoms with Crippen LogP contribution in [-0.2, 0) is 13.1 Å². The molecule has 1 aromatic heterocycles. The number of aryl methyl sites for hydroxylation is 1. The molecule has 146 valence electrons. The number of carbonyl (C=O) groups is 1. The number of rotatable bonds is 6. The van der Waals surface area contributed by atoms with E-state index < -0.39 is 0 Å². The lowest BCUT2D eigenvalue weighted by Gasteiger charge is -2.14. The standard InChI is InChI=1S/C22H25FN4O/c1-15-21(16(2)27(25-15)20-11-9-19(23)10-12-20)22(28)24-13-17-7-5-6-8-18(17)14-26(3)4/h5-12H,13-14H2,1-4H3,(H,24,28). The highest BCUT2D eigenvalue weighted by molar-refractivity contribution is 5.96. The van der Waals surface area contributed by atoms with Crippen molar-refractivity contribution in [2.24, 2.45) is 0 Å². The maximum absolute atomic E-state index is 13.2. The SMILES string of the molecule is Cc1nn(-c2ccc(F)cc2)c(C)c1C(=O)NCc1ccccc1CN(C)C. The molecule has 1 amide bonds. The number of nitrogens with zero attached hydrogens (tertiary/aromatic N) is 3. The largest absolute Gasteiger partial charge is 0.348 e. The van der Waals surface area contributed by atoms with E-state index in [1.165, 1.54) is 17.7 Å². The molecule has 0 saturated carbocycles. The topological polar surface area (TPSA) is 50.2 Å². The van der Waals surface area contributed by atoms with Crippen molar-refractivity contribution in [3.63, 3.8) is 0 Å². The van der Waals surface area contributed by atoms with Crippen molar-refractivity contribution in [1.82, 2.24) is 20.0 Å². The Morgan fingerprint density at radius 2 is 1.71 bits per heavy atom.